The Morgan fingerprint density at radius 2 is 2.27 bits per heavy atom. The van der Waals surface area contributed by atoms with E-state index in [1.165, 1.54) is 10.7 Å². The Morgan fingerprint density at radius 3 is 2.93 bits per heavy atom. The van der Waals surface area contributed by atoms with E-state index in [1.807, 2.05) is 0 Å². The summed E-state index contributed by atoms with van der Waals surface area (Å²) in [5.74, 6) is 0.0696. The van der Waals surface area contributed by atoms with Gasteiger partial charge in [0.1, 0.15) is 11.5 Å². The molecule has 0 saturated carbocycles. The summed E-state index contributed by atoms with van der Waals surface area (Å²) in [5.41, 5.74) is 6.56. The van der Waals surface area contributed by atoms with Crippen LogP contribution in [0.25, 0.3) is 5.69 Å². The van der Waals surface area contributed by atoms with Crippen LogP contribution in [0.4, 0.5) is 4.39 Å². The van der Waals surface area contributed by atoms with E-state index >= 15 is 0 Å². The van der Waals surface area contributed by atoms with E-state index in [9.17, 15) is 4.39 Å². The van der Waals surface area contributed by atoms with Crippen LogP contribution in [0, 0.1) is 12.7 Å². The third-order valence-electron chi connectivity index (χ3n) is 2.12. The zero-order chi connectivity index (χ0) is 10.8. The van der Waals surface area contributed by atoms with E-state index in [0.717, 1.165) is 5.56 Å². The minimum absolute atomic E-state index is 0.167. The van der Waals surface area contributed by atoms with Gasteiger partial charge >= 0.3 is 0 Å². The third-order valence-corrected chi connectivity index (χ3v) is 2.12. The van der Waals surface area contributed by atoms with Crippen molar-refractivity contribution in [1.29, 1.82) is 0 Å². The maximum Gasteiger partial charge on any atom is 0.170 e. The maximum absolute atomic E-state index is 13.6. The molecule has 2 rings (SSSR count). The summed E-state index contributed by atoms with van der Waals surface area (Å²) in [7, 11) is 0. The summed E-state index contributed by atoms with van der Waals surface area (Å²) < 4.78 is 14.9. The van der Waals surface area contributed by atoms with Gasteiger partial charge in [0, 0.05) is 0 Å². The second kappa shape index (κ2) is 3.74. The zero-order valence-corrected chi connectivity index (χ0v) is 8.18. The molecule has 1 aromatic heterocycles. The molecule has 1 heterocycles. The van der Waals surface area contributed by atoms with Crippen molar-refractivity contribution in [2.24, 2.45) is 5.73 Å². The van der Waals surface area contributed by atoms with Gasteiger partial charge in [0.05, 0.1) is 6.54 Å². The molecule has 0 aliphatic carbocycles. The average molecular weight is 207 g/mol. The quantitative estimate of drug-likeness (QED) is 0.781. The van der Waals surface area contributed by atoms with Crippen molar-refractivity contribution in [3.05, 3.63) is 35.4 Å². The molecule has 6 heteroatoms. The Balaban J connectivity index is 2.63. The molecule has 0 aliphatic rings. The Bertz CT molecular complexity index is 459. The molecular formula is C9H10FN5. The van der Waals surface area contributed by atoms with Crippen LogP contribution in [0.1, 0.15) is 11.4 Å². The van der Waals surface area contributed by atoms with Gasteiger partial charge in [-0.05, 0) is 29.0 Å². The summed E-state index contributed by atoms with van der Waals surface area (Å²) in [6.45, 7) is 1.96. The predicted octanol–water partition coefficient (Wildman–Crippen LogP) is 0.569. The van der Waals surface area contributed by atoms with Gasteiger partial charge in [0.25, 0.3) is 0 Å². The molecule has 2 aromatic rings. The zero-order valence-electron chi connectivity index (χ0n) is 8.18. The minimum Gasteiger partial charge on any atom is -0.324 e. The fourth-order valence-electron chi connectivity index (χ4n) is 1.40. The standard InChI is InChI=1S/C9H10FN5/c1-6-3-2-4-7(10)9(6)15-8(5-11)12-13-14-15/h2-4H,5,11H2,1H3. The first-order valence-corrected chi connectivity index (χ1v) is 4.47. The molecule has 78 valence electrons. The SMILES string of the molecule is Cc1cccc(F)c1-n1nnnc1CN. The molecule has 0 spiro atoms. The second-order valence-corrected chi connectivity index (χ2v) is 3.12. The molecule has 0 saturated heterocycles. The van der Waals surface area contributed by atoms with E-state index in [0.29, 0.717) is 11.5 Å². The molecule has 0 atom stereocenters. The van der Waals surface area contributed by atoms with Crippen LogP contribution in [0.3, 0.4) is 0 Å². The number of aryl methyl sites for hydroxylation is 1. The van der Waals surface area contributed by atoms with Crippen molar-refractivity contribution in [3.8, 4) is 5.69 Å². The van der Waals surface area contributed by atoms with Gasteiger partial charge in [0.2, 0.25) is 0 Å². The molecule has 15 heavy (non-hydrogen) atoms. The first-order valence-electron chi connectivity index (χ1n) is 4.47. The minimum atomic E-state index is -0.364. The maximum atomic E-state index is 13.6. The van der Waals surface area contributed by atoms with Gasteiger partial charge < -0.3 is 5.73 Å². The van der Waals surface area contributed by atoms with Gasteiger partial charge in [-0.3, -0.25) is 0 Å². The van der Waals surface area contributed by atoms with Crippen molar-refractivity contribution < 1.29 is 4.39 Å². The van der Waals surface area contributed by atoms with Crippen molar-refractivity contribution >= 4 is 0 Å². The lowest BCUT2D eigenvalue weighted by atomic mass is 10.2. The molecule has 0 unspecified atom stereocenters. The van der Waals surface area contributed by atoms with Crippen LogP contribution in [0.15, 0.2) is 18.2 Å². The molecule has 0 aliphatic heterocycles. The van der Waals surface area contributed by atoms with Crippen molar-refractivity contribution in [3.63, 3.8) is 0 Å². The summed E-state index contributed by atoms with van der Waals surface area (Å²) in [4.78, 5) is 0. The summed E-state index contributed by atoms with van der Waals surface area (Å²) >= 11 is 0. The molecule has 0 fully saturated rings. The monoisotopic (exact) mass is 207 g/mol. The largest absolute Gasteiger partial charge is 0.324 e. The normalized spacial score (nSPS) is 10.6. The van der Waals surface area contributed by atoms with Crippen LogP contribution in [0.5, 0.6) is 0 Å². The van der Waals surface area contributed by atoms with Crippen LogP contribution < -0.4 is 5.73 Å². The number of hydrogen-bond acceptors (Lipinski definition) is 4. The fourth-order valence-corrected chi connectivity index (χ4v) is 1.40. The lowest BCUT2D eigenvalue weighted by Gasteiger charge is -2.07. The fraction of sp³-hybridized carbons (Fsp3) is 0.222. The number of nitrogens with two attached hydrogens (primary N) is 1. The molecule has 0 amide bonds. The lowest BCUT2D eigenvalue weighted by molar-refractivity contribution is 0.600. The Kier molecular flexibility index (Phi) is 2.42. The van der Waals surface area contributed by atoms with E-state index in [-0.39, 0.29) is 12.4 Å². The highest BCUT2D eigenvalue weighted by atomic mass is 19.1. The van der Waals surface area contributed by atoms with E-state index < -0.39 is 0 Å². The first kappa shape index (κ1) is 9.72. The first-order chi connectivity index (χ1) is 7.24. The highest BCUT2D eigenvalue weighted by Crippen LogP contribution is 2.17. The van der Waals surface area contributed by atoms with Gasteiger partial charge in [-0.25, -0.2) is 4.39 Å². The van der Waals surface area contributed by atoms with Crippen molar-refractivity contribution in [1.82, 2.24) is 20.2 Å². The molecule has 2 N–H and O–H groups in total. The molecular weight excluding hydrogens is 197 g/mol. The predicted molar refractivity (Wildman–Crippen MR) is 51.7 cm³/mol. The smallest absolute Gasteiger partial charge is 0.170 e. The molecule has 0 bridgehead atoms. The summed E-state index contributed by atoms with van der Waals surface area (Å²) in [6, 6.07) is 4.80. The number of nitrogens with zero attached hydrogens (tertiary/aromatic N) is 4. The van der Waals surface area contributed by atoms with E-state index in [1.54, 1.807) is 19.1 Å². The number of para-hydroxylation sites is 1. The molecule has 5 nitrogen and oxygen atoms in total. The molecule has 0 radical (unpaired) electrons. The number of halogens is 1. The second-order valence-electron chi connectivity index (χ2n) is 3.12. The number of hydrogen-bond donors (Lipinski definition) is 1. The Morgan fingerprint density at radius 1 is 1.47 bits per heavy atom. The number of tetrazole rings is 1. The number of aromatic nitrogens is 4. The average Bonchev–Trinajstić information content (AvgIpc) is 2.65. The van der Waals surface area contributed by atoms with Gasteiger partial charge in [-0.15, -0.1) is 5.10 Å². The summed E-state index contributed by atoms with van der Waals surface area (Å²) in [5, 5.41) is 10.9. The van der Waals surface area contributed by atoms with E-state index in [4.69, 9.17) is 5.73 Å². The lowest BCUT2D eigenvalue weighted by Crippen LogP contribution is -2.10. The third kappa shape index (κ3) is 1.59. The Hall–Kier alpha value is -1.82. The van der Waals surface area contributed by atoms with Crippen molar-refractivity contribution in [2.75, 3.05) is 0 Å². The number of rotatable bonds is 2. The molecule has 1 aromatic carbocycles. The highest BCUT2D eigenvalue weighted by molar-refractivity contribution is 5.41. The summed E-state index contributed by atoms with van der Waals surface area (Å²) in [6.07, 6.45) is 0. The van der Waals surface area contributed by atoms with Gasteiger partial charge in [-0.2, -0.15) is 4.68 Å². The van der Waals surface area contributed by atoms with Crippen LogP contribution >= 0.6 is 0 Å². The van der Waals surface area contributed by atoms with Crippen LogP contribution in [0.2, 0.25) is 0 Å². The van der Waals surface area contributed by atoms with Crippen LogP contribution in [-0.2, 0) is 6.54 Å². The highest BCUT2D eigenvalue weighted by Gasteiger charge is 2.12. The number of benzene rings is 1. The van der Waals surface area contributed by atoms with E-state index in [2.05, 4.69) is 15.5 Å². The Labute approximate surface area is 85.7 Å². The van der Waals surface area contributed by atoms with Crippen molar-refractivity contribution in [2.45, 2.75) is 13.5 Å². The van der Waals surface area contributed by atoms with Gasteiger partial charge in [-0.1, -0.05) is 12.1 Å². The topological polar surface area (TPSA) is 69.6 Å². The van der Waals surface area contributed by atoms with Crippen LogP contribution in [-0.4, -0.2) is 20.2 Å². The van der Waals surface area contributed by atoms with Gasteiger partial charge in [0.15, 0.2) is 5.82 Å².